The molecule has 0 bridgehead atoms. The number of benzene rings is 2. The van der Waals surface area contributed by atoms with Crippen molar-refractivity contribution in [1.82, 2.24) is 0 Å². The summed E-state index contributed by atoms with van der Waals surface area (Å²) in [6.07, 6.45) is 0. The van der Waals surface area contributed by atoms with Gasteiger partial charge in [-0.05, 0) is 24.6 Å². The minimum absolute atomic E-state index is 0.0603. The Hall–Kier alpha value is -2.31. The fraction of sp³-hybridized carbons (Fsp3) is 0.235. The number of nitriles is 1. The monoisotopic (exact) mass is 265 g/mol. The highest BCUT2D eigenvalue weighted by Gasteiger charge is 2.17. The Labute approximate surface area is 120 Å². The number of rotatable bonds is 4. The summed E-state index contributed by atoms with van der Waals surface area (Å²) in [7, 11) is 1.98. The predicted molar refractivity (Wildman–Crippen MR) is 82.5 cm³/mol. The second-order valence-corrected chi connectivity index (χ2v) is 4.90. The lowest BCUT2D eigenvalue weighted by atomic mass is 10.0. The zero-order chi connectivity index (χ0) is 14.5. The molecule has 0 radical (unpaired) electrons. The van der Waals surface area contributed by atoms with Gasteiger partial charge in [0.2, 0.25) is 0 Å². The molecule has 2 N–H and O–H groups in total. The van der Waals surface area contributed by atoms with Gasteiger partial charge in [0.15, 0.2) is 0 Å². The quantitative estimate of drug-likeness (QED) is 0.924. The Balaban J connectivity index is 2.36. The Morgan fingerprint density at radius 1 is 1.15 bits per heavy atom. The SMILES string of the molecule is Cc1ccc(C(CN)N(C)c2ccccc2C#N)cc1. The maximum Gasteiger partial charge on any atom is 0.101 e. The van der Waals surface area contributed by atoms with Gasteiger partial charge in [0.05, 0.1) is 17.3 Å². The van der Waals surface area contributed by atoms with Crippen molar-refractivity contribution >= 4 is 5.69 Å². The van der Waals surface area contributed by atoms with Crippen LogP contribution in [0.2, 0.25) is 0 Å². The molecule has 2 aromatic carbocycles. The molecule has 0 saturated carbocycles. The van der Waals surface area contributed by atoms with Gasteiger partial charge in [0, 0.05) is 13.6 Å². The second-order valence-electron chi connectivity index (χ2n) is 4.90. The third kappa shape index (κ3) is 2.81. The van der Waals surface area contributed by atoms with Gasteiger partial charge < -0.3 is 10.6 Å². The maximum atomic E-state index is 9.22. The topological polar surface area (TPSA) is 53.0 Å². The molecule has 0 spiro atoms. The molecule has 102 valence electrons. The lowest BCUT2D eigenvalue weighted by Gasteiger charge is -2.30. The summed E-state index contributed by atoms with van der Waals surface area (Å²) in [5.74, 6) is 0. The molecule has 0 amide bonds. The third-order valence-electron chi connectivity index (χ3n) is 3.56. The number of nitrogens with zero attached hydrogens (tertiary/aromatic N) is 2. The standard InChI is InChI=1S/C17H19N3/c1-13-7-9-14(10-8-13)17(12-19)20(2)16-6-4-3-5-15(16)11-18/h3-10,17H,12,19H2,1-2H3. The number of likely N-dealkylation sites (N-methyl/N-ethyl adjacent to an activating group) is 1. The molecule has 0 heterocycles. The van der Waals surface area contributed by atoms with Gasteiger partial charge in [-0.15, -0.1) is 0 Å². The van der Waals surface area contributed by atoms with E-state index < -0.39 is 0 Å². The van der Waals surface area contributed by atoms with Crippen LogP contribution in [0, 0.1) is 18.3 Å². The van der Waals surface area contributed by atoms with Crippen LogP contribution in [-0.4, -0.2) is 13.6 Å². The summed E-state index contributed by atoms with van der Waals surface area (Å²) in [6.45, 7) is 2.56. The van der Waals surface area contributed by atoms with Crippen molar-refractivity contribution < 1.29 is 0 Å². The molecule has 0 aliphatic carbocycles. The van der Waals surface area contributed by atoms with Gasteiger partial charge in [-0.25, -0.2) is 0 Å². The predicted octanol–water partition coefficient (Wildman–Crippen LogP) is 3.00. The molecular formula is C17H19N3. The fourth-order valence-corrected chi connectivity index (χ4v) is 2.35. The van der Waals surface area contributed by atoms with Crippen LogP contribution in [0.4, 0.5) is 5.69 Å². The summed E-state index contributed by atoms with van der Waals surface area (Å²) in [4.78, 5) is 2.07. The lowest BCUT2D eigenvalue weighted by Crippen LogP contribution is -2.30. The first-order valence-electron chi connectivity index (χ1n) is 6.66. The van der Waals surface area contributed by atoms with Crippen LogP contribution in [0.3, 0.4) is 0 Å². The van der Waals surface area contributed by atoms with Crippen LogP contribution in [0.15, 0.2) is 48.5 Å². The van der Waals surface area contributed by atoms with Gasteiger partial charge in [0.25, 0.3) is 0 Å². The average Bonchev–Trinajstić information content (AvgIpc) is 2.49. The number of hydrogen-bond acceptors (Lipinski definition) is 3. The van der Waals surface area contributed by atoms with Crippen molar-refractivity contribution in [1.29, 1.82) is 5.26 Å². The Bertz CT molecular complexity index is 611. The molecule has 1 unspecified atom stereocenters. The lowest BCUT2D eigenvalue weighted by molar-refractivity contribution is 0.680. The minimum atomic E-state index is 0.0603. The molecule has 3 nitrogen and oxygen atoms in total. The number of anilines is 1. The maximum absolute atomic E-state index is 9.22. The first-order chi connectivity index (χ1) is 9.67. The zero-order valence-corrected chi connectivity index (χ0v) is 11.9. The van der Waals surface area contributed by atoms with E-state index >= 15 is 0 Å². The van der Waals surface area contributed by atoms with Gasteiger partial charge in [-0.2, -0.15) is 5.26 Å². The van der Waals surface area contributed by atoms with Crippen LogP contribution < -0.4 is 10.6 Å². The molecule has 0 aromatic heterocycles. The first-order valence-corrected chi connectivity index (χ1v) is 6.66. The van der Waals surface area contributed by atoms with Crippen LogP contribution in [0.1, 0.15) is 22.7 Å². The number of aryl methyl sites for hydroxylation is 1. The number of para-hydroxylation sites is 1. The molecule has 0 aliphatic rings. The molecule has 2 rings (SSSR count). The summed E-state index contributed by atoms with van der Waals surface area (Å²) in [5, 5.41) is 9.22. The van der Waals surface area contributed by atoms with E-state index in [1.165, 1.54) is 5.56 Å². The Morgan fingerprint density at radius 3 is 2.40 bits per heavy atom. The van der Waals surface area contributed by atoms with E-state index in [0.29, 0.717) is 12.1 Å². The van der Waals surface area contributed by atoms with Crippen LogP contribution >= 0.6 is 0 Å². The van der Waals surface area contributed by atoms with Gasteiger partial charge in [0.1, 0.15) is 6.07 Å². The van der Waals surface area contributed by atoms with Crippen molar-refractivity contribution in [3.05, 3.63) is 65.2 Å². The molecule has 0 fully saturated rings. The molecular weight excluding hydrogens is 246 g/mol. The summed E-state index contributed by atoms with van der Waals surface area (Å²) in [6, 6.07) is 18.3. The van der Waals surface area contributed by atoms with Gasteiger partial charge in [-0.3, -0.25) is 0 Å². The molecule has 1 atom stereocenters. The van der Waals surface area contributed by atoms with Gasteiger partial charge in [-0.1, -0.05) is 42.0 Å². The normalized spacial score (nSPS) is 11.7. The van der Waals surface area contributed by atoms with E-state index in [-0.39, 0.29) is 6.04 Å². The average molecular weight is 265 g/mol. The van der Waals surface area contributed by atoms with E-state index in [1.807, 2.05) is 31.3 Å². The van der Waals surface area contributed by atoms with E-state index in [2.05, 4.69) is 42.2 Å². The highest BCUT2D eigenvalue weighted by Crippen LogP contribution is 2.27. The molecule has 0 aliphatic heterocycles. The highest BCUT2D eigenvalue weighted by atomic mass is 15.1. The first kappa shape index (κ1) is 14.1. The molecule has 0 saturated heterocycles. The van der Waals surface area contributed by atoms with Crippen molar-refractivity contribution in [2.75, 3.05) is 18.5 Å². The number of hydrogen-bond donors (Lipinski definition) is 1. The van der Waals surface area contributed by atoms with E-state index in [0.717, 1.165) is 11.3 Å². The van der Waals surface area contributed by atoms with Crippen LogP contribution in [-0.2, 0) is 0 Å². The van der Waals surface area contributed by atoms with Crippen molar-refractivity contribution in [2.45, 2.75) is 13.0 Å². The fourth-order valence-electron chi connectivity index (χ4n) is 2.35. The summed E-state index contributed by atoms with van der Waals surface area (Å²) < 4.78 is 0. The summed E-state index contributed by atoms with van der Waals surface area (Å²) in [5.41, 5.74) is 9.91. The highest BCUT2D eigenvalue weighted by molar-refractivity contribution is 5.60. The van der Waals surface area contributed by atoms with Crippen LogP contribution in [0.25, 0.3) is 0 Å². The Morgan fingerprint density at radius 2 is 1.80 bits per heavy atom. The van der Waals surface area contributed by atoms with Crippen molar-refractivity contribution in [3.8, 4) is 6.07 Å². The molecule has 20 heavy (non-hydrogen) atoms. The molecule has 2 aromatic rings. The van der Waals surface area contributed by atoms with E-state index in [1.54, 1.807) is 0 Å². The Kier molecular flexibility index (Phi) is 4.39. The molecule has 3 heteroatoms. The van der Waals surface area contributed by atoms with Crippen molar-refractivity contribution in [2.24, 2.45) is 5.73 Å². The van der Waals surface area contributed by atoms with Crippen LogP contribution in [0.5, 0.6) is 0 Å². The van der Waals surface area contributed by atoms with Crippen molar-refractivity contribution in [3.63, 3.8) is 0 Å². The summed E-state index contributed by atoms with van der Waals surface area (Å²) >= 11 is 0. The smallest absolute Gasteiger partial charge is 0.101 e. The van der Waals surface area contributed by atoms with E-state index in [4.69, 9.17) is 5.73 Å². The largest absolute Gasteiger partial charge is 0.365 e. The minimum Gasteiger partial charge on any atom is -0.365 e. The van der Waals surface area contributed by atoms with E-state index in [9.17, 15) is 5.26 Å². The number of nitrogens with two attached hydrogens (primary N) is 1. The zero-order valence-electron chi connectivity index (χ0n) is 11.9. The third-order valence-corrected chi connectivity index (χ3v) is 3.56. The van der Waals surface area contributed by atoms with Gasteiger partial charge >= 0.3 is 0 Å². The second kappa shape index (κ2) is 6.23.